The van der Waals surface area contributed by atoms with E-state index in [9.17, 15) is 0 Å². The van der Waals surface area contributed by atoms with Gasteiger partial charge in [0.05, 0.1) is 0 Å². The number of hydrogen-bond acceptors (Lipinski definition) is 0. The second kappa shape index (κ2) is 2.37. The predicted octanol–water partition coefficient (Wildman–Crippen LogP) is 2.10. The van der Waals surface area contributed by atoms with Gasteiger partial charge in [-0.2, -0.15) is 0 Å². The molecule has 0 bridgehead atoms. The molecule has 0 unspecified atom stereocenters. The first-order valence-electron chi connectivity index (χ1n) is 3.52. The van der Waals surface area contributed by atoms with Crippen molar-refractivity contribution in [2.75, 3.05) is 0 Å². The van der Waals surface area contributed by atoms with Crippen LogP contribution in [-0.2, 0) is 0 Å². The molecule has 0 atom stereocenters. The van der Waals surface area contributed by atoms with Gasteiger partial charge in [-0.25, -0.2) is 0 Å². The van der Waals surface area contributed by atoms with Crippen LogP contribution in [0.5, 0.6) is 0 Å². The van der Waals surface area contributed by atoms with Crippen molar-refractivity contribution < 1.29 is 0 Å². The van der Waals surface area contributed by atoms with E-state index < -0.39 is 0 Å². The molecule has 1 heteroatoms. The molecule has 0 aromatic heterocycles. The van der Waals surface area contributed by atoms with Crippen molar-refractivity contribution in [2.45, 2.75) is 17.9 Å². The molecule has 44 valence electrons. The van der Waals surface area contributed by atoms with E-state index >= 15 is 0 Å². The molecule has 1 rings (SSSR count). The Morgan fingerprint density at radius 1 is 1.22 bits per heavy atom. The van der Waals surface area contributed by atoms with Gasteiger partial charge in [-0.15, -0.1) is 0 Å². The molecular weight excluding hydrogens is 103 g/mol. The second-order valence-electron chi connectivity index (χ2n) is 3.24. The van der Waals surface area contributed by atoms with Crippen molar-refractivity contribution >= 4 is 17.7 Å². The molecule has 0 nitrogen and oxygen atoms in total. The summed E-state index contributed by atoms with van der Waals surface area (Å²) in [5, 5.41) is 0. The van der Waals surface area contributed by atoms with Crippen molar-refractivity contribution in [1.82, 2.24) is 0 Å². The van der Waals surface area contributed by atoms with Gasteiger partial charge in [-0.05, 0) is 0 Å². The molecule has 1 aliphatic carbocycles. The Kier molecular flexibility index (Phi) is 1.89. The van der Waals surface area contributed by atoms with Gasteiger partial charge in [0, 0.05) is 0 Å². The summed E-state index contributed by atoms with van der Waals surface area (Å²) in [5.74, 6) is 0.715. The number of allylic oxidation sites excluding steroid dienone is 4. The van der Waals surface area contributed by atoms with Crippen LogP contribution < -0.4 is 0 Å². The van der Waals surface area contributed by atoms with Gasteiger partial charge in [0.25, 0.3) is 0 Å². The SMILES string of the molecule is [Li][C]1(C(C)C)C=CC=C1. The van der Waals surface area contributed by atoms with E-state index in [-0.39, 0.29) is 0 Å². The fourth-order valence-corrected chi connectivity index (χ4v) is 0.966. The predicted molar refractivity (Wildman–Crippen MR) is 41.6 cm³/mol. The van der Waals surface area contributed by atoms with Gasteiger partial charge in [-0.3, -0.25) is 0 Å². The van der Waals surface area contributed by atoms with E-state index in [2.05, 4.69) is 55.9 Å². The molecule has 0 aliphatic heterocycles. The molecule has 0 aromatic carbocycles. The molecular formula is C8H11Li. The molecule has 0 radical (unpaired) electrons. The van der Waals surface area contributed by atoms with Crippen LogP contribution in [0.4, 0.5) is 0 Å². The van der Waals surface area contributed by atoms with Gasteiger partial charge in [0.1, 0.15) is 0 Å². The molecule has 0 spiro atoms. The minimum absolute atomic E-state index is 0.333. The Hall–Kier alpha value is 0.0774. The first-order valence-corrected chi connectivity index (χ1v) is 3.52. The zero-order valence-corrected chi connectivity index (χ0v) is 6.39. The second-order valence-corrected chi connectivity index (χ2v) is 3.24. The molecule has 0 saturated carbocycles. The van der Waals surface area contributed by atoms with Gasteiger partial charge >= 0.3 is 65.9 Å². The Balaban J connectivity index is 2.75. The average molecular weight is 114 g/mol. The Morgan fingerprint density at radius 3 is 1.89 bits per heavy atom. The van der Waals surface area contributed by atoms with Crippen LogP contribution in [0.15, 0.2) is 24.3 Å². The zero-order chi connectivity index (χ0) is 6.91. The first-order chi connectivity index (χ1) is 4.15. The van der Waals surface area contributed by atoms with E-state index in [4.69, 9.17) is 0 Å². The van der Waals surface area contributed by atoms with E-state index in [1.807, 2.05) is 0 Å². The summed E-state index contributed by atoms with van der Waals surface area (Å²) in [4.78, 5) is 0. The molecule has 0 fully saturated rings. The molecule has 0 N–H and O–H groups in total. The summed E-state index contributed by atoms with van der Waals surface area (Å²) in [6, 6.07) is 0. The fraction of sp³-hybridized carbons (Fsp3) is 0.500. The van der Waals surface area contributed by atoms with E-state index in [1.165, 1.54) is 0 Å². The molecule has 1 aliphatic rings. The summed E-state index contributed by atoms with van der Waals surface area (Å²) >= 11 is 2.26. The number of hydrogen-bond donors (Lipinski definition) is 0. The van der Waals surface area contributed by atoms with Gasteiger partial charge in [-0.1, -0.05) is 0 Å². The van der Waals surface area contributed by atoms with E-state index in [1.54, 1.807) is 0 Å². The molecule has 0 amide bonds. The van der Waals surface area contributed by atoms with Gasteiger partial charge in [0.2, 0.25) is 0 Å². The first kappa shape index (κ1) is 7.19. The van der Waals surface area contributed by atoms with Crippen LogP contribution >= 0.6 is 0 Å². The Bertz CT molecular complexity index is 142. The van der Waals surface area contributed by atoms with Crippen LogP contribution in [-0.4, -0.2) is 17.7 Å². The molecule has 0 aromatic rings. The van der Waals surface area contributed by atoms with Crippen molar-refractivity contribution in [3.8, 4) is 0 Å². The number of rotatable bonds is 1. The van der Waals surface area contributed by atoms with E-state index in [0.717, 1.165) is 0 Å². The Labute approximate surface area is 66.2 Å². The molecule has 0 saturated heterocycles. The fourth-order valence-electron chi connectivity index (χ4n) is 0.966. The third-order valence-corrected chi connectivity index (χ3v) is 2.27. The van der Waals surface area contributed by atoms with Crippen LogP contribution in [0.1, 0.15) is 13.8 Å². The average Bonchev–Trinajstić information content (AvgIpc) is 2.16. The third kappa shape index (κ3) is 1.31. The van der Waals surface area contributed by atoms with Gasteiger partial charge in [0.15, 0.2) is 0 Å². The van der Waals surface area contributed by atoms with Crippen molar-refractivity contribution in [3.05, 3.63) is 24.3 Å². The monoisotopic (exact) mass is 114 g/mol. The summed E-state index contributed by atoms with van der Waals surface area (Å²) in [7, 11) is 0. The summed E-state index contributed by atoms with van der Waals surface area (Å²) < 4.78 is 0.333. The van der Waals surface area contributed by atoms with Crippen molar-refractivity contribution in [1.29, 1.82) is 0 Å². The third-order valence-electron chi connectivity index (χ3n) is 2.27. The zero-order valence-electron chi connectivity index (χ0n) is 6.39. The van der Waals surface area contributed by atoms with Crippen LogP contribution in [0.25, 0.3) is 0 Å². The molecule has 0 heterocycles. The van der Waals surface area contributed by atoms with E-state index in [0.29, 0.717) is 10.0 Å². The normalized spacial score (nSPS) is 21.9. The van der Waals surface area contributed by atoms with Crippen LogP contribution in [0.2, 0.25) is 4.09 Å². The maximum atomic E-state index is 2.26. The van der Waals surface area contributed by atoms with Crippen molar-refractivity contribution in [3.63, 3.8) is 0 Å². The standard InChI is InChI=1S/C8H11.Li/c1-7(2)8-5-3-4-6-8;/h3-7H,1-2H3;. The van der Waals surface area contributed by atoms with Crippen LogP contribution in [0.3, 0.4) is 0 Å². The molecule has 9 heavy (non-hydrogen) atoms. The van der Waals surface area contributed by atoms with Crippen molar-refractivity contribution in [2.24, 2.45) is 5.92 Å². The van der Waals surface area contributed by atoms with Gasteiger partial charge < -0.3 is 0 Å². The van der Waals surface area contributed by atoms with Crippen LogP contribution in [0, 0.1) is 5.92 Å². The minimum atomic E-state index is 0.333. The maximum absolute atomic E-state index is 2.26. The summed E-state index contributed by atoms with van der Waals surface area (Å²) in [6.45, 7) is 4.50. The quantitative estimate of drug-likeness (QED) is 0.458. The summed E-state index contributed by atoms with van der Waals surface area (Å²) in [5.41, 5.74) is 0. The topological polar surface area (TPSA) is 0 Å². The summed E-state index contributed by atoms with van der Waals surface area (Å²) in [6.07, 6.45) is 8.77. The Morgan fingerprint density at radius 2 is 1.67 bits per heavy atom.